The Bertz CT molecular complexity index is 1190. The lowest BCUT2D eigenvalue weighted by molar-refractivity contribution is -0.0499. The van der Waals surface area contributed by atoms with E-state index in [-0.39, 0.29) is 17.2 Å². The molecule has 0 bridgehead atoms. The Hall–Kier alpha value is -3.88. The fourth-order valence-corrected chi connectivity index (χ4v) is 3.56. The summed E-state index contributed by atoms with van der Waals surface area (Å²) in [7, 11) is 2.94. The maximum atomic E-state index is 13.0. The molecule has 1 amide bonds. The van der Waals surface area contributed by atoms with Gasteiger partial charge in [-0.15, -0.1) is 0 Å². The lowest BCUT2D eigenvalue weighted by atomic mass is 10.0. The van der Waals surface area contributed by atoms with Gasteiger partial charge in [0, 0.05) is 29.7 Å². The van der Waals surface area contributed by atoms with E-state index in [2.05, 4.69) is 17.0 Å². The molecular weight excluding hydrogens is 458 g/mol. The average molecular weight is 487 g/mol. The summed E-state index contributed by atoms with van der Waals surface area (Å²) in [4.78, 5) is 25.4. The number of methoxy groups -OCH3 is 1. The van der Waals surface area contributed by atoms with Gasteiger partial charge >= 0.3 is 12.6 Å². The van der Waals surface area contributed by atoms with E-state index in [1.54, 1.807) is 48.9 Å². The van der Waals surface area contributed by atoms with Crippen LogP contribution in [0.25, 0.3) is 11.3 Å². The molecule has 3 aromatic rings. The third-order valence-electron chi connectivity index (χ3n) is 5.56. The topological polar surface area (TPSA) is 78.8 Å². The van der Waals surface area contributed by atoms with Gasteiger partial charge in [0.2, 0.25) is 0 Å². The largest absolute Gasteiger partial charge is 0.494 e. The van der Waals surface area contributed by atoms with Gasteiger partial charge in [0.05, 0.1) is 24.8 Å². The number of esters is 1. The van der Waals surface area contributed by atoms with Crippen LogP contribution in [0, 0.1) is 6.92 Å². The number of amides is 1. The number of hydrogen-bond acceptors (Lipinski definition) is 5. The highest BCUT2D eigenvalue weighted by molar-refractivity contribution is 6.06. The van der Waals surface area contributed by atoms with Crippen LogP contribution in [0.15, 0.2) is 48.5 Å². The molecule has 186 valence electrons. The first-order valence-electron chi connectivity index (χ1n) is 11.1. The third-order valence-corrected chi connectivity index (χ3v) is 5.56. The van der Waals surface area contributed by atoms with Gasteiger partial charge in [-0.05, 0) is 61.9 Å². The van der Waals surface area contributed by atoms with Crippen molar-refractivity contribution in [2.75, 3.05) is 19.0 Å². The van der Waals surface area contributed by atoms with Gasteiger partial charge in [0.25, 0.3) is 5.91 Å². The molecule has 0 aliphatic carbocycles. The van der Waals surface area contributed by atoms with E-state index in [1.807, 2.05) is 0 Å². The smallest absolute Gasteiger partial charge is 0.387 e. The number of carbonyl (C=O) groups is 2. The number of rotatable bonds is 10. The molecule has 3 rings (SSSR count). The number of carbonyl (C=O) groups excluding carboxylic acids is 2. The molecule has 35 heavy (non-hydrogen) atoms. The quantitative estimate of drug-likeness (QED) is 0.289. The van der Waals surface area contributed by atoms with Gasteiger partial charge in [0.1, 0.15) is 11.5 Å². The minimum absolute atomic E-state index is 0.0388. The molecule has 1 aromatic heterocycles. The van der Waals surface area contributed by atoms with Crippen molar-refractivity contribution in [1.82, 2.24) is 4.57 Å². The highest BCUT2D eigenvalue weighted by atomic mass is 19.3. The summed E-state index contributed by atoms with van der Waals surface area (Å²) in [5.41, 5.74) is 2.64. The predicted molar refractivity (Wildman–Crippen MR) is 128 cm³/mol. The lowest BCUT2D eigenvalue weighted by Crippen LogP contribution is -2.12. The number of aromatic nitrogens is 1. The van der Waals surface area contributed by atoms with Gasteiger partial charge in [0.15, 0.2) is 0 Å². The zero-order valence-electron chi connectivity index (χ0n) is 20.1. The summed E-state index contributed by atoms with van der Waals surface area (Å²) < 4.78 is 41.9. The zero-order chi connectivity index (χ0) is 25.5. The predicted octanol–water partition coefficient (Wildman–Crippen LogP) is 5.82. The Morgan fingerprint density at radius 3 is 2.34 bits per heavy atom. The highest BCUT2D eigenvalue weighted by Gasteiger charge is 2.22. The van der Waals surface area contributed by atoms with Crippen molar-refractivity contribution in [3.05, 3.63) is 65.4 Å². The van der Waals surface area contributed by atoms with Crippen molar-refractivity contribution in [2.45, 2.75) is 33.3 Å². The van der Waals surface area contributed by atoms with Crippen molar-refractivity contribution in [1.29, 1.82) is 0 Å². The third kappa shape index (κ3) is 6.17. The molecule has 0 saturated heterocycles. The lowest BCUT2D eigenvalue weighted by Gasteiger charge is -2.12. The van der Waals surface area contributed by atoms with Crippen molar-refractivity contribution in [3.63, 3.8) is 0 Å². The fraction of sp³-hybridized carbons (Fsp3) is 0.308. The number of nitrogens with one attached hydrogen (secondary N) is 1. The molecule has 0 unspecified atom stereocenters. The number of unbranched alkanes of at least 4 members (excludes halogenated alkanes) is 1. The Labute approximate surface area is 202 Å². The summed E-state index contributed by atoms with van der Waals surface area (Å²) in [5.74, 6) is -0.494. The molecule has 0 radical (unpaired) electrons. The van der Waals surface area contributed by atoms with Crippen LogP contribution < -0.4 is 14.8 Å². The summed E-state index contributed by atoms with van der Waals surface area (Å²) in [6.07, 6.45) is 2.01. The van der Waals surface area contributed by atoms with Crippen molar-refractivity contribution in [3.8, 4) is 22.8 Å². The van der Waals surface area contributed by atoms with Crippen LogP contribution in [-0.4, -0.2) is 36.8 Å². The van der Waals surface area contributed by atoms with E-state index in [0.717, 1.165) is 18.6 Å². The molecule has 0 aliphatic heterocycles. The van der Waals surface area contributed by atoms with Gasteiger partial charge in [-0.2, -0.15) is 8.78 Å². The van der Waals surface area contributed by atoms with Crippen LogP contribution in [0.5, 0.6) is 11.5 Å². The summed E-state index contributed by atoms with van der Waals surface area (Å²) >= 11 is 0. The van der Waals surface area contributed by atoms with Crippen LogP contribution >= 0.6 is 0 Å². The van der Waals surface area contributed by atoms with Crippen molar-refractivity contribution < 1.29 is 32.6 Å². The maximum absolute atomic E-state index is 13.0. The number of alkyl halides is 2. The monoisotopic (exact) mass is 486 g/mol. The number of ether oxygens (including phenoxy) is 3. The first-order chi connectivity index (χ1) is 16.7. The van der Waals surface area contributed by atoms with Crippen LogP contribution in [-0.2, 0) is 11.8 Å². The van der Waals surface area contributed by atoms with Crippen LogP contribution in [0.3, 0.4) is 0 Å². The van der Waals surface area contributed by atoms with E-state index < -0.39 is 12.6 Å². The normalized spacial score (nSPS) is 10.8. The minimum Gasteiger partial charge on any atom is -0.494 e. The standard InChI is InChI=1S/C26H28F2N2O5/c1-5-6-13-34-18-9-7-17(8-10-18)29-24(31)21-15-23(30(3)16(21)2)20-12-11-19(35-26(27)28)14-22(20)25(32)33-4/h7-12,14-15,26H,5-6,13H2,1-4H3,(H,29,31). The maximum Gasteiger partial charge on any atom is 0.387 e. The number of nitrogens with zero attached hydrogens (tertiary/aromatic N) is 1. The molecule has 0 fully saturated rings. The molecule has 9 heteroatoms. The zero-order valence-corrected chi connectivity index (χ0v) is 20.1. The van der Waals surface area contributed by atoms with Gasteiger partial charge in [-0.25, -0.2) is 4.79 Å². The van der Waals surface area contributed by atoms with Gasteiger partial charge in [-0.1, -0.05) is 13.3 Å². The minimum atomic E-state index is -3.03. The Kier molecular flexibility index (Phi) is 8.46. The van der Waals surface area contributed by atoms with E-state index in [1.165, 1.54) is 25.3 Å². The number of hydrogen-bond donors (Lipinski definition) is 1. The molecule has 0 saturated carbocycles. The Morgan fingerprint density at radius 1 is 1.03 bits per heavy atom. The average Bonchev–Trinajstić information content (AvgIpc) is 3.13. The second kappa shape index (κ2) is 11.5. The number of halogens is 2. The highest BCUT2D eigenvalue weighted by Crippen LogP contribution is 2.32. The van der Waals surface area contributed by atoms with Crippen molar-refractivity contribution in [2.24, 2.45) is 7.05 Å². The molecule has 7 nitrogen and oxygen atoms in total. The number of benzene rings is 2. The molecule has 0 atom stereocenters. The molecule has 1 N–H and O–H groups in total. The Morgan fingerprint density at radius 2 is 1.71 bits per heavy atom. The first-order valence-corrected chi connectivity index (χ1v) is 11.1. The second-order valence-electron chi connectivity index (χ2n) is 7.85. The summed E-state index contributed by atoms with van der Waals surface area (Å²) in [6.45, 7) is 1.47. The molecule has 0 aliphatic rings. The molecular formula is C26H28F2N2O5. The summed E-state index contributed by atoms with van der Waals surface area (Å²) in [5, 5.41) is 2.86. The van der Waals surface area contributed by atoms with E-state index in [9.17, 15) is 18.4 Å². The first kappa shape index (κ1) is 25.7. The van der Waals surface area contributed by atoms with Crippen LogP contribution in [0.4, 0.5) is 14.5 Å². The van der Waals surface area contributed by atoms with Crippen LogP contribution in [0.2, 0.25) is 0 Å². The van der Waals surface area contributed by atoms with Gasteiger partial charge < -0.3 is 24.1 Å². The van der Waals surface area contributed by atoms with Gasteiger partial charge in [-0.3, -0.25) is 4.79 Å². The number of anilines is 1. The molecule has 1 heterocycles. The second-order valence-corrected chi connectivity index (χ2v) is 7.85. The molecule has 0 spiro atoms. The van der Waals surface area contributed by atoms with E-state index in [4.69, 9.17) is 9.47 Å². The Balaban J connectivity index is 1.87. The van der Waals surface area contributed by atoms with E-state index in [0.29, 0.717) is 34.8 Å². The van der Waals surface area contributed by atoms with Crippen LogP contribution in [0.1, 0.15) is 46.2 Å². The van der Waals surface area contributed by atoms with Crippen molar-refractivity contribution >= 4 is 17.6 Å². The SMILES string of the molecule is CCCCOc1ccc(NC(=O)c2cc(-c3ccc(OC(F)F)cc3C(=O)OC)n(C)c2C)cc1. The fourth-order valence-electron chi connectivity index (χ4n) is 3.56. The summed E-state index contributed by atoms with van der Waals surface area (Å²) in [6, 6.07) is 12.8. The van der Waals surface area contributed by atoms with E-state index >= 15 is 0 Å². The molecule has 2 aromatic carbocycles.